The van der Waals surface area contributed by atoms with Crippen LogP contribution in [0.25, 0.3) is 6.08 Å². The van der Waals surface area contributed by atoms with Crippen LogP contribution in [-0.4, -0.2) is 32.9 Å². The van der Waals surface area contributed by atoms with E-state index in [-0.39, 0.29) is 22.9 Å². The number of allylic oxidation sites excluding steroid dienone is 1. The number of aromatic nitrogens is 3. The molecule has 2 aliphatic rings. The first-order chi connectivity index (χ1) is 18.6. The number of nitrogens with one attached hydrogen (secondary N) is 2. The summed E-state index contributed by atoms with van der Waals surface area (Å²) in [6, 6.07) is 15.7. The van der Waals surface area contributed by atoms with Gasteiger partial charge in [-0.2, -0.15) is 0 Å². The molecule has 3 aromatic heterocycles. The molecule has 0 saturated carbocycles. The van der Waals surface area contributed by atoms with E-state index in [1.54, 1.807) is 0 Å². The summed E-state index contributed by atoms with van der Waals surface area (Å²) in [5.74, 6) is 1.80. The van der Waals surface area contributed by atoms with Crippen molar-refractivity contribution in [2.45, 2.75) is 70.5 Å². The van der Waals surface area contributed by atoms with Crippen LogP contribution in [0.3, 0.4) is 0 Å². The highest BCUT2D eigenvalue weighted by Crippen LogP contribution is 2.41. The second-order valence-corrected chi connectivity index (χ2v) is 13.0. The third-order valence-corrected chi connectivity index (χ3v) is 8.04. The summed E-state index contributed by atoms with van der Waals surface area (Å²) in [6.07, 6.45) is 9.03. The number of amides is 1. The summed E-state index contributed by atoms with van der Waals surface area (Å²) >= 11 is 1.22. The molecule has 2 atom stereocenters. The van der Waals surface area contributed by atoms with Crippen molar-refractivity contribution in [1.29, 1.82) is 0 Å². The number of hydrogen-bond acceptors (Lipinski definition) is 7. The SMILES string of the molecule is CC(C)(C)/C=C/c1ccc2c(n1)N1C[C@@H](CC[C@H](c3ccccn3)Nc3cccc(n3)SNC2=O)CC1(C)C. The van der Waals surface area contributed by atoms with Crippen molar-refractivity contribution in [3.63, 3.8) is 0 Å². The maximum absolute atomic E-state index is 13.5. The van der Waals surface area contributed by atoms with Gasteiger partial charge in [0.1, 0.15) is 16.7 Å². The molecule has 3 aromatic rings. The molecule has 0 radical (unpaired) electrons. The fourth-order valence-electron chi connectivity index (χ4n) is 5.39. The zero-order valence-electron chi connectivity index (χ0n) is 23.4. The van der Waals surface area contributed by atoms with Crippen LogP contribution >= 0.6 is 11.9 Å². The lowest BCUT2D eigenvalue weighted by molar-refractivity contribution is 0.0984. The van der Waals surface area contributed by atoms with Gasteiger partial charge < -0.3 is 10.2 Å². The average Bonchev–Trinajstić information content (AvgIpc) is 3.22. The van der Waals surface area contributed by atoms with Gasteiger partial charge in [0.05, 0.1) is 23.0 Å². The van der Waals surface area contributed by atoms with E-state index in [2.05, 4.69) is 72.8 Å². The summed E-state index contributed by atoms with van der Waals surface area (Å²) in [4.78, 5) is 30.3. The number of pyridine rings is 3. The Morgan fingerprint density at radius 3 is 2.67 bits per heavy atom. The Morgan fingerprint density at radius 2 is 1.90 bits per heavy atom. The van der Waals surface area contributed by atoms with Crippen molar-refractivity contribution in [2.24, 2.45) is 11.3 Å². The first-order valence-corrected chi connectivity index (χ1v) is 14.5. The normalized spacial score (nSPS) is 21.5. The molecule has 8 heteroatoms. The Hall–Kier alpha value is -3.39. The average molecular weight is 543 g/mol. The number of hydrogen-bond donors (Lipinski definition) is 2. The van der Waals surface area contributed by atoms with Crippen LogP contribution in [0.2, 0.25) is 0 Å². The van der Waals surface area contributed by atoms with Crippen LogP contribution in [-0.2, 0) is 0 Å². The van der Waals surface area contributed by atoms with E-state index in [0.29, 0.717) is 16.5 Å². The smallest absolute Gasteiger partial charge is 0.265 e. The summed E-state index contributed by atoms with van der Waals surface area (Å²) < 4.78 is 3.01. The predicted octanol–water partition coefficient (Wildman–Crippen LogP) is 6.92. The van der Waals surface area contributed by atoms with Gasteiger partial charge in [0.2, 0.25) is 0 Å². The molecule has 5 rings (SSSR count). The molecule has 0 spiro atoms. The van der Waals surface area contributed by atoms with Gasteiger partial charge in [0, 0.05) is 30.2 Å². The second kappa shape index (κ2) is 11.0. The Morgan fingerprint density at radius 1 is 1.05 bits per heavy atom. The van der Waals surface area contributed by atoms with E-state index in [0.717, 1.165) is 48.8 Å². The van der Waals surface area contributed by atoms with Crippen molar-refractivity contribution >= 4 is 35.6 Å². The molecule has 4 bridgehead atoms. The fourth-order valence-corrected chi connectivity index (χ4v) is 5.99. The Labute approximate surface area is 236 Å². The van der Waals surface area contributed by atoms with Gasteiger partial charge in [-0.05, 0) is 86.9 Å². The summed E-state index contributed by atoms with van der Waals surface area (Å²) in [5, 5.41) is 4.32. The van der Waals surface area contributed by atoms with E-state index in [9.17, 15) is 4.79 Å². The van der Waals surface area contributed by atoms with Gasteiger partial charge in [-0.15, -0.1) is 0 Å². The Bertz CT molecular complexity index is 1350. The lowest BCUT2D eigenvalue weighted by Crippen LogP contribution is -2.40. The minimum absolute atomic E-state index is 0.0374. The zero-order chi connectivity index (χ0) is 27.6. The van der Waals surface area contributed by atoms with Crippen molar-refractivity contribution in [3.05, 3.63) is 77.8 Å². The van der Waals surface area contributed by atoms with Gasteiger partial charge in [-0.25, -0.2) is 9.97 Å². The fraction of sp³-hybridized carbons (Fsp3) is 0.419. The Kier molecular flexibility index (Phi) is 7.67. The molecule has 2 aliphatic heterocycles. The third kappa shape index (κ3) is 6.61. The molecule has 204 valence electrons. The van der Waals surface area contributed by atoms with Crippen molar-refractivity contribution in [3.8, 4) is 0 Å². The van der Waals surface area contributed by atoms with E-state index >= 15 is 0 Å². The number of carbonyl (C=O) groups is 1. The molecule has 1 saturated heterocycles. The van der Waals surface area contributed by atoms with Crippen LogP contribution in [0.1, 0.15) is 81.7 Å². The van der Waals surface area contributed by atoms with Crippen LogP contribution in [0.15, 0.2) is 65.8 Å². The number of fused-ring (bicyclic) bond motifs is 6. The number of rotatable bonds is 2. The van der Waals surface area contributed by atoms with Crippen LogP contribution < -0.4 is 14.9 Å². The molecule has 5 heterocycles. The number of carbonyl (C=O) groups excluding carboxylic acids is 1. The maximum Gasteiger partial charge on any atom is 0.265 e. The second-order valence-electron chi connectivity index (χ2n) is 12.2. The van der Waals surface area contributed by atoms with Crippen LogP contribution in [0.5, 0.6) is 0 Å². The minimum atomic E-state index is -0.172. The summed E-state index contributed by atoms with van der Waals surface area (Å²) in [6.45, 7) is 11.9. The molecule has 2 N–H and O–H groups in total. The van der Waals surface area contributed by atoms with Crippen molar-refractivity contribution in [2.75, 3.05) is 16.8 Å². The predicted molar refractivity (Wildman–Crippen MR) is 160 cm³/mol. The first-order valence-electron chi connectivity index (χ1n) is 13.7. The summed E-state index contributed by atoms with van der Waals surface area (Å²) in [7, 11) is 0. The largest absolute Gasteiger partial charge is 0.362 e. The van der Waals surface area contributed by atoms with E-state index < -0.39 is 0 Å². The lowest BCUT2D eigenvalue weighted by Gasteiger charge is -2.34. The van der Waals surface area contributed by atoms with Gasteiger partial charge in [0.15, 0.2) is 0 Å². The molecule has 0 aromatic carbocycles. The summed E-state index contributed by atoms with van der Waals surface area (Å²) in [5.41, 5.74) is 2.35. The lowest BCUT2D eigenvalue weighted by atomic mass is 9.91. The monoisotopic (exact) mass is 542 g/mol. The van der Waals surface area contributed by atoms with Crippen LogP contribution in [0, 0.1) is 11.3 Å². The van der Waals surface area contributed by atoms with E-state index in [1.165, 1.54) is 11.9 Å². The standard InChI is InChI=1S/C31H38N6OS/c1-30(2,3)17-16-22-13-14-23-28(33-22)37-20-21(19-31(37,4)5)12-15-25(24-9-6-7-18-32-24)34-26-10-8-11-27(35-26)39-36-29(23)38/h6-11,13-14,16-18,21,25H,12,15,19-20H2,1-5H3,(H,34,35)(H,36,38)/b17-16+/t21-,25+/m0/s1. The molecule has 0 unspecified atom stereocenters. The van der Waals surface area contributed by atoms with Crippen molar-refractivity contribution in [1.82, 2.24) is 19.7 Å². The molecule has 1 fully saturated rings. The number of nitrogens with zero attached hydrogens (tertiary/aromatic N) is 4. The first kappa shape index (κ1) is 27.2. The molecule has 7 nitrogen and oxygen atoms in total. The molecule has 39 heavy (non-hydrogen) atoms. The minimum Gasteiger partial charge on any atom is -0.362 e. The number of anilines is 2. The molecule has 1 amide bonds. The zero-order valence-corrected chi connectivity index (χ0v) is 24.3. The molecular formula is C31H38N6OS. The van der Waals surface area contributed by atoms with Crippen molar-refractivity contribution < 1.29 is 4.79 Å². The third-order valence-electron chi connectivity index (χ3n) is 7.31. The maximum atomic E-state index is 13.5. The van der Waals surface area contributed by atoms with Gasteiger partial charge in [0.25, 0.3) is 5.91 Å². The van der Waals surface area contributed by atoms with Gasteiger partial charge in [-0.3, -0.25) is 14.5 Å². The van der Waals surface area contributed by atoms with Crippen LogP contribution in [0.4, 0.5) is 11.6 Å². The van der Waals surface area contributed by atoms with E-state index in [4.69, 9.17) is 9.97 Å². The molecule has 0 aliphatic carbocycles. The Balaban J connectivity index is 1.53. The highest BCUT2D eigenvalue weighted by Gasteiger charge is 2.40. The quantitative estimate of drug-likeness (QED) is 0.340. The highest BCUT2D eigenvalue weighted by molar-refractivity contribution is 7.97. The van der Waals surface area contributed by atoms with Gasteiger partial charge >= 0.3 is 0 Å². The topological polar surface area (TPSA) is 83.0 Å². The van der Waals surface area contributed by atoms with Gasteiger partial charge in [-0.1, -0.05) is 39.0 Å². The van der Waals surface area contributed by atoms with E-state index in [1.807, 2.05) is 48.7 Å². The highest BCUT2D eigenvalue weighted by atomic mass is 32.2. The molecular weight excluding hydrogens is 504 g/mol.